The van der Waals surface area contributed by atoms with Crippen molar-refractivity contribution in [2.45, 2.75) is 39.8 Å². The SMILES string of the molecule is Cc1cc(C)n(CC(=O)N2c3ccccc3N(C)CC[C@@H]2C)n1. The van der Waals surface area contributed by atoms with Crippen LogP contribution in [0.15, 0.2) is 30.3 Å². The van der Waals surface area contributed by atoms with Crippen molar-refractivity contribution >= 4 is 17.3 Å². The third kappa shape index (κ3) is 2.96. The number of hydrogen-bond acceptors (Lipinski definition) is 3. The summed E-state index contributed by atoms with van der Waals surface area (Å²) in [7, 11) is 2.08. The van der Waals surface area contributed by atoms with Gasteiger partial charge in [0.05, 0.1) is 17.1 Å². The molecule has 5 heteroatoms. The standard InChI is InChI=1S/C18H24N4O/c1-13-11-15(3)21(19-13)12-18(23)22-14(2)9-10-20(4)16-7-5-6-8-17(16)22/h5-8,11,14H,9-10,12H2,1-4H3/t14-/m0/s1. The molecule has 0 radical (unpaired) electrons. The number of aryl methyl sites for hydroxylation is 2. The number of benzene rings is 1. The van der Waals surface area contributed by atoms with Crippen molar-refractivity contribution in [2.75, 3.05) is 23.4 Å². The van der Waals surface area contributed by atoms with E-state index in [1.54, 1.807) is 4.68 Å². The Morgan fingerprint density at radius 2 is 1.96 bits per heavy atom. The number of nitrogens with zero attached hydrogens (tertiary/aromatic N) is 4. The summed E-state index contributed by atoms with van der Waals surface area (Å²) in [5, 5.41) is 4.42. The number of carbonyl (C=O) groups is 1. The fourth-order valence-electron chi connectivity index (χ4n) is 3.28. The number of amides is 1. The van der Waals surface area contributed by atoms with E-state index in [-0.39, 0.29) is 18.5 Å². The molecule has 5 nitrogen and oxygen atoms in total. The summed E-state index contributed by atoms with van der Waals surface area (Å²) in [5.41, 5.74) is 4.06. The molecular formula is C18H24N4O. The van der Waals surface area contributed by atoms with Gasteiger partial charge in [0, 0.05) is 25.3 Å². The monoisotopic (exact) mass is 312 g/mol. The average Bonchev–Trinajstić information content (AvgIpc) is 2.76. The van der Waals surface area contributed by atoms with Crippen LogP contribution >= 0.6 is 0 Å². The predicted octanol–water partition coefficient (Wildman–Crippen LogP) is 2.76. The van der Waals surface area contributed by atoms with Crippen LogP contribution in [0.2, 0.25) is 0 Å². The van der Waals surface area contributed by atoms with Gasteiger partial charge in [0.1, 0.15) is 6.54 Å². The molecule has 1 atom stereocenters. The minimum Gasteiger partial charge on any atom is -0.373 e. The van der Waals surface area contributed by atoms with Crippen molar-refractivity contribution < 1.29 is 4.79 Å². The first-order valence-corrected chi connectivity index (χ1v) is 8.10. The molecule has 1 aliphatic rings. The lowest BCUT2D eigenvalue weighted by molar-refractivity contribution is -0.119. The predicted molar refractivity (Wildman–Crippen MR) is 93.0 cm³/mol. The topological polar surface area (TPSA) is 41.4 Å². The van der Waals surface area contributed by atoms with Crippen LogP contribution in [-0.2, 0) is 11.3 Å². The zero-order valence-corrected chi connectivity index (χ0v) is 14.3. The quantitative estimate of drug-likeness (QED) is 0.856. The Kier molecular flexibility index (Phi) is 4.11. The first-order valence-electron chi connectivity index (χ1n) is 8.10. The van der Waals surface area contributed by atoms with Crippen molar-refractivity contribution in [3.05, 3.63) is 41.7 Å². The number of hydrogen-bond donors (Lipinski definition) is 0. The van der Waals surface area contributed by atoms with E-state index in [9.17, 15) is 4.79 Å². The molecule has 2 heterocycles. The summed E-state index contributed by atoms with van der Waals surface area (Å²) in [6.45, 7) is 7.28. The van der Waals surface area contributed by atoms with E-state index in [2.05, 4.69) is 30.0 Å². The van der Waals surface area contributed by atoms with E-state index in [0.29, 0.717) is 0 Å². The van der Waals surface area contributed by atoms with Crippen molar-refractivity contribution in [3.8, 4) is 0 Å². The lowest BCUT2D eigenvalue weighted by Gasteiger charge is -2.28. The molecule has 0 fully saturated rings. The largest absolute Gasteiger partial charge is 0.373 e. The van der Waals surface area contributed by atoms with Gasteiger partial charge in [-0.1, -0.05) is 12.1 Å². The summed E-state index contributed by atoms with van der Waals surface area (Å²) >= 11 is 0. The fraction of sp³-hybridized carbons (Fsp3) is 0.444. The Labute approximate surface area is 137 Å². The van der Waals surface area contributed by atoms with Crippen LogP contribution in [0.25, 0.3) is 0 Å². The molecule has 1 amide bonds. The highest BCUT2D eigenvalue weighted by molar-refractivity contribution is 5.97. The van der Waals surface area contributed by atoms with Gasteiger partial charge >= 0.3 is 0 Å². The maximum absolute atomic E-state index is 13.0. The number of aromatic nitrogens is 2. The molecular weight excluding hydrogens is 288 g/mol. The van der Waals surface area contributed by atoms with Gasteiger partial charge in [-0.3, -0.25) is 9.48 Å². The van der Waals surface area contributed by atoms with Gasteiger partial charge < -0.3 is 9.80 Å². The fourth-order valence-corrected chi connectivity index (χ4v) is 3.28. The molecule has 0 saturated carbocycles. The zero-order chi connectivity index (χ0) is 16.6. The molecule has 0 aliphatic carbocycles. The third-order valence-corrected chi connectivity index (χ3v) is 4.53. The van der Waals surface area contributed by atoms with Gasteiger partial charge in [-0.05, 0) is 45.4 Å². The summed E-state index contributed by atoms with van der Waals surface area (Å²) in [6.07, 6.45) is 0.952. The Balaban J connectivity index is 1.94. The molecule has 0 bridgehead atoms. The van der Waals surface area contributed by atoms with Crippen molar-refractivity contribution in [3.63, 3.8) is 0 Å². The minimum atomic E-state index is 0.0893. The smallest absolute Gasteiger partial charge is 0.249 e. The minimum absolute atomic E-state index is 0.0893. The molecule has 0 unspecified atom stereocenters. The van der Waals surface area contributed by atoms with Gasteiger partial charge in [0.25, 0.3) is 0 Å². The lowest BCUT2D eigenvalue weighted by Crippen LogP contribution is -2.40. The number of carbonyl (C=O) groups excluding carboxylic acids is 1. The summed E-state index contributed by atoms with van der Waals surface area (Å²) < 4.78 is 1.79. The van der Waals surface area contributed by atoms with E-state index in [0.717, 1.165) is 35.7 Å². The molecule has 1 aromatic heterocycles. The normalized spacial score (nSPS) is 17.8. The Morgan fingerprint density at radius 3 is 2.61 bits per heavy atom. The number of para-hydroxylation sites is 2. The third-order valence-electron chi connectivity index (χ3n) is 4.53. The van der Waals surface area contributed by atoms with Crippen LogP contribution in [0.1, 0.15) is 24.7 Å². The van der Waals surface area contributed by atoms with Gasteiger partial charge in [-0.15, -0.1) is 0 Å². The van der Waals surface area contributed by atoms with Crippen LogP contribution in [-0.4, -0.2) is 35.3 Å². The second-order valence-corrected chi connectivity index (χ2v) is 6.40. The van der Waals surface area contributed by atoms with Gasteiger partial charge in [-0.25, -0.2) is 0 Å². The van der Waals surface area contributed by atoms with Crippen LogP contribution in [0.4, 0.5) is 11.4 Å². The van der Waals surface area contributed by atoms with Crippen LogP contribution in [0.5, 0.6) is 0 Å². The van der Waals surface area contributed by atoms with Crippen molar-refractivity contribution in [2.24, 2.45) is 0 Å². The lowest BCUT2D eigenvalue weighted by atomic mass is 10.1. The maximum Gasteiger partial charge on any atom is 0.249 e. The molecule has 23 heavy (non-hydrogen) atoms. The van der Waals surface area contributed by atoms with Gasteiger partial charge in [0.2, 0.25) is 5.91 Å². The maximum atomic E-state index is 13.0. The molecule has 0 N–H and O–H groups in total. The Morgan fingerprint density at radius 1 is 1.26 bits per heavy atom. The molecule has 122 valence electrons. The number of fused-ring (bicyclic) bond motifs is 1. The highest BCUT2D eigenvalue weighted by Gasteiger charge is 2.28. The number of anilines is 2. The Bertz CT molecular complexity index is 722. The second kappa shape index (κ2) is 6.07. The summed E-state index contributed by atoms with van der Waals surface area (Å²) in [6, 6.07) is 10.3. The molecule has 0 saturated heterocycles. The van der Waals surface area contributed by atoms with Crippen molar-refractivity contribution in [1.29, 1.82) is 0 Å². The summed E-state index contributed by atoms with van der Waals surface area (Å²) in [4.78, 5) is 17.2. The van der Waals surface area contributed by atoms with E-state index >= 15 is 0 Å². The first kappa shape index (κ1) is 15.6. The summed E-state index contributed by atoms with van der Waals surface area (Å²) in [5.74, 6) is 0.0893. The number of rotatable bonds is 2. The highest BCUT2D eigenvalue weighted by atomic mass is 16.2. The second-order valence-electron chi connectivity index (χ2n) is 6.40. The van der Waals surface area contributed by atoms with Crippen LogP contribution in [0, 0.1) is 13.8 Å². The van der Waals surface area contributed by atoms with Crippen LogP contribution < -0.4 is 9.80 Å². The molecule has 2 aromatic rings. The molecule has 0 spiro atoms. The van der Waals surface area contributed by atoms with Gasteiger partial charge in [-0.2, -0.15) is 5.10 Å². The van der Waals surface area contributed by atoms with Gasteiger partial charge in [0.15, 0.2) is 0 Å². The van der Waals surface area contributed by atoms with E-state index < -0.39 is 0 Å². The van der Waals surface area contributed by atoms with Crippen molar-refractivity contribution in [1.82, 2.24) is 9.78 Å². The molecule has 3 rings (SSSR count). The average molecular weight is 312 g/mol. The van der Waals surface area contributed by atoms with E-state index in [1.165, 1.54) is 0 Å². The highest BCUT2D eigenvalue weighted by Crippen LogP contribution is 2.33. The molecule has 1 aliphatic heterocycles. The van der Waals surface area contributed by atoms with Crippen LogP contribution in [0.3, 0.4) is 0 Å². The zero-order valence-electron chi connectivity index (χ0n) is 14.3. The Hall–Kier alpha value is -2.30. The molecule has 1 aromatic carbocycles. The van der Waals surface area contributed by atoms with E-state index in [1.807, 2.05) is 43.0 Å². The van der Waals surface area contributed by atoms with E-state index in [4.69, 9.17) is 0 Å². The first-order chi connectivity index (χ1) is 11.0.